The first-order chi connectivity index (χ1) is 9.55. The van der Waals surface area contributed by atoms with E-state index in [9.17, 15) is 14.7 Å². The minimum Gasteiger partial charge on any atom is -0.481 e. The summed E-state index contributed by atoms with van der Waals surface area (Å²) in [6.07, 6.45) is 7.68. The van der Waals surface area contributed by atoms with Crippen LogP contribution in [0.25, 0.3) is 0 Å². The smallest absolute Gasteiger partial charge is 0.317 e. The van der Waals surface area contributed by atoms with Crippen LogP contribution in [-0.2, 0) is 4.79 Å². The van der Waals surface area contributed by atoms with Gasteiger partial charge in [0.05, 0.1) is 5.41 Å². The van der Waals surface area contributed by atoms with Crippen LogP contribution in [0.3, 0.4) is 0 Å². The number of carbonyl (C=O) groups is 2. The van der Waals surface area contributed by atoms with Crippen molar-refractivity contribution in [3.63, 3.8) is 0 Å². The molecule has 0 radical (unpaired) electrons. The molecule has 1 heterocycles. The van der Waals surface area contributed by atoms with Gasteiger partial charge >= 0.3 is 12.0 Å². The molecule has 2 rings (SSSR count). The molecule has 0 spiro atoms. The Morgan fingerprint density at radius 1 is 1.20 bits per heavy atom. The molecule has 0 aromatic heterocycles. The summed E-state index contributed by atoms with van der Waals surface area (Å²) in [6, 6.07) is 0.161. The van der Waals surface area contributed by atoms with Crippen LogP contribution in [0, 0.1) is 5.41 Å². The maximum absolute atomic E-state index is 12.3. The lowest BCUT2D eigenvalue weighted by Crippen LogP contribution is -2.49. The number of likely N-dealkylation sites (tertiary alicyclic amines) is 1. The molecule has 1 saturated heterocycles. The number of aliphatic carboxylic acids is 1. The number of nitrogens with zero attached hydrogens (tertiary/aromatic N) is 1. The van der Waals surface area contributed by atoms with Gasteiger partial charge in [0.25, 0.3) is 0 Å². The van der Waals surface area contributed by atoms with Gasteiger partial charge in [0, 0.05) is 19.1 Å². The first kappa shape index (κ1) is 15.1. The minimum atomic E-state index is -0.765. The van der Waals surface area contributed by atoms with Gasteiger partial charge in [-0.05, 0) is 32.6 Å². The molecule has 2 amide bonds. The van der Waals surface area contributed by atoms with E-state index in [-0.39, 0.29) is 18.6 Å². The Kier molecular flexibility index (Phi) is 4.89. The Morgan fingerprint density at radius 3 is 2.55 bits per heavy atom. The fraction of sp³-hybridized carbons (Fsp3) is 0.867. The molecule has 1 aliphatic carbocycles. The zero-order valence-corrected chi connectivity index (χ0v) is 12.4. The molecule has 0 aromatic carbocycles. The van der Waals surface area contributed by atoms with Crippen molar-refractivity contribution in [1.82, 2.24) is 10.2 Å². The molecule has 5 nitrogen and oxygen atoms in total. The summed E-state index contributed by atoms with van der Waals surface area (Å²) in [5.41, 5.74) is -0.731. The molecule has 1 atom stereocenters. The summed E-state index contributed by atoms with van der Waals surface area (Å²) in [6.45, 7) is 3.13. The molecule has 20 heavy (non-hydrogen) atoms. The average Bonchev–Trinajstić information content (AvgIpc) is 2.80. The number of amides is 2. The standard InChI is InChI=1S/C15H26N2O3/c1-12-7-3-2-6-10-17(12)14(20)16-11-15(13(18)19)8-4-5-9-15/h12H,2-11H2,1H3,(H,16,20)(H,18,19). The van der Waals surface area contributed by atoms with Crippen LogP contribution in [0.4, 0.5) is 4.79 Å². The minimum absolute atomic E-state index is 0.0908. The lowest BCUT2D eigenvalue weighted by molar-refractivity contribution is -0.148. The number of carboxylic acid groups (broad SMARTS) is 1. The van der Waals surface area contributed by atoms with Crippen LogP contribution >= 0.6 is 0 Å². The quantitative estimate of drug-likeness (QED) is 0.836. The zero-order valence-electron chi connectivity index (χ0n) is 12.4. The summed E-state index contributed by atoms with van der Waals surface area (Å²) in [5.74, 6) is -0.765. The van der Waals surface area contributed by atoms with Crippen molar-refractivity contribution >= 4 is 12.0 Å². The van der Waals surface area contributed by atoms with E-state index in [2.05, 4.69) is 12.2 Å². The molecule has 2 N–H and O–H groups in total. The molecule has 114 valence electrons. The SMILES string of the molecule is CC1CCCCCN1C(=O)NCC1(C(=O)O)CCCC1. The highest BCUT2D eigenvalue weighted by molar-refractivity contribution is 5.78. The van der Waals surface area contributed by atoms with Crippen molar-refractivity contribution in [2.45, 2.75) is 64.3 Å². The van der Waals surface area contributed by atoms with Gasteiger partial charge in [-0.1, -0.05) is 25.7 Å². The lowest BCUT2D eigenvalue weighted by atomic mass is 9.86. The summed E-state index contributed by atoms with van der Waals surface area (Å²) in [7, 11) is 0. The Balaban J connectivity index is 1.92. The number of carboxylic acids is 1. The molecule has 2 fully saturated rings. The summed E-state index contributed by atoms with van der Waals surface area (Å²) >= 11 is 0. The summed E-state index contributed by atoms with van der Waals surface area (Å²) < 4.78 is 0. The number of rotatable bonds is 3. The van der Waals surface area contributed by atoms with E-state index in [0.29, 0.717) is 12.8 Å². The fourth-order valence-electron chi connectivity index (χ4n) is 3.44. The molecule has 5 heteroatoms. The highest BCUT2D eigenvalue weighted by Gasteiger charge is 2.41. The third kappa shape index (κ3) is 3.25. The van der Waals surface area contributed by atoms with E-state index in [1.807, 2.05) is 4.90 Å². The van der Waals surface area contributed by atoms with Crippen molar-refractivity contribution in [2.75, 3.05) is 13.1 Å². The largest absolute Gasteiger partial charge is 0.481 e. The number of urea groups is 1. The molecule has 1 saturated carbocycles. The highest BCUT2D eigenvalue weighted by atomic mass is 16.4. The van der Waals surface area contributed by atoms with Crippen LogP contribution in [0.15, 0.2) is 0 Å². The van der Waals surface area contributed by atoms with Gasteiger partial charge in [-0.25, -0.2) is 4.79 Å². The Labute approximate surface area is 120 Å². The summed E-state index contributed by atoms with van der Waals surface area (Å²) in [4.78, 5) is 25.6. The molecule has 1 aliphatic heterocycles. The Hall–Kier alpha value is -1.26. The maximum atomic E-state index is 12.3. The van der Waals surface area contributed by atoms with Gasteiger partial charge in [-0.15, -0.1) is 0 Å². The van der Waals surface area contributed by atoms with E-state index in [1.54, 1.807) is 0 Å². The number of hydrogen-bond acceptors (Lipinski definition) is 2. The van der Waals surface area contributed by atoms with Gasteiger partial charge in [-0.3, -0.25) is 4.79 Å². The van der Waals surface area contributed by atoms with Crippen LogP contribution < -0.4 is 5.32 Å². The maximum Gasteiger partial charge on any atom is 0.317 e. The number of hydrogen-bond donors (Lipinski definition) is 2. The second kappa shape index (κ2) is 6.46. The van der Waals surface area contributed by atoms with Gasteiger partial charge in [-0.2, -0.15) is 0 Å². The fourth-order valence-corrected chi connectivity index (χ4v) is 3.44. The second-order valence-electron chi connectivity index (χ2n) is 6.34. The molecule has 0 aromatic rings. The van der Waals surface area contributed by atoms with Crippen LogP contribution in [0.5, 0.6) is 0 Å². The summed E-state index contributed by atoms with van der Waals surface area (Å²) in [5, 5.41) is 12.3. The predicted molar refractivity (Wildman–Crippen MR) is 76.6 cm³/mol. The van der Waals surface area contributed by atoms with E-state index in [0.717, 1.165) is 32.2 Å². The van der Waals surface area contributed by atoms with E-state index < -0.39 is 11.4 Å². The topological polar surface area (TPSA) is 69.6 Å². The van der Waals surface area contributed by atoms with Crippen molar-refractivity contribution in [3.05, 3.63) is 0 Å². The average molecular weight is 282 g/mol. The Bertz CT molecular complexity index is 364. The van der Waals surface area contributed by atoms with E-state index in [1.165, 1.54) is 12.8 Å². The van der Waals surface area contributed by atoms with Gasteiger partial charge in [0.1, 0.15) is 0 Å². The van der Waals surface area contributed by atoms with Gasteiger partial charge in [0.15, 0.2) is 0 Å². The van der Waals surface area contributed by atoms with Crippen LogP contribution in [-0.4, -0.2) is 41.1 Å². The third-order valence-corrected chi connectivity index (χ3v) is 4.91. The lowest BCUT2D eigenvalue weighted by Gasteiger charge is -2.30. The normalized spacial score (nSPS) is 26.1. The first-order valence-electron chi connectivity index (χ1n) is 7.83. The Morgan fingerprint density at radius 2 is 1.90 bits per heavy atom. The highest BCUT2D eigenvalue weighted by Crippen LogP contribution is 2.37. The number of nitrogens with one attached hydrogen (secondary N) is 1. The van der Waals surface area contributed by atoms with Gasteiger partial charge in [0.2, 0.25) is 0 Å². The molecule has 1 unspecified atom stereocenters. The first-order valence-corrected chi connectivity index (χ1v) is 7.83. The van der Waals surface area contributed by atoms with Crippen molar-refractivity contribution in [1.29, 1.82) is 0 Å². The van der Waals surface area contributed by atoms with Crippen molar-refractivity contribution in [3.8, 4) is 0 Å². The van der Waals surface area contributed by atoms with Crippen LogP contribution in [0.1, 0.15) is 58.3 Å². The second-order valence-corrected chi connectivity index (χ2v) is 6.34. The van der Waals surface area contributed by atoms with Crippen molar-refractivity contribution in [2.24, 2.45) is 5.41 Å². The zero-order chi connectivity index (χ0) is 14.6. The van der Waals surface area contributed by atoms with Crippen molar-refractivity contribution < 1.29 is 14.7 Å². The van der Waals surface area contributed by atoms with E-state index >= 15 is 0 Å². The number of carbonyl (C=O) groups excluding carboxylic acids is 1. The van der Waals surface area contributed by atoms with Crippen LogP contribution in [0.2, 0.25) is 0 Å². The van der Waals surface area contributed by atoms with Gasteiger partial charge < -0.3 is 15.3 Å². The molecular formula is C15H26N2O3. The molecule has 0 bridgehead atoms. The molecule has 2 aliphatic rings. The monoisotopic (exact) mass is 282 g/mol. The van der Waals surface area contributed by atoms with E-state index in [4.69, 9.17) is 0 Å². The predicted octanol–water partition coefficient (Wildman–Crippen LogP) is 2.61. The molecular weight excluding hydrogens is 256 g/mol. The third-order valence-electron chi connectivity index (χ3n) is 4.91.